The van der Waals surface area contributed by atoms with Gasteiger partial charge >= 0.3 is 5.97 Å². The molecule has 1 fully saturated rings. The highest BCUT2D eigenvalue weighted by molar-refractivity contribution is 5.94. The molecule has 1 saturated heterocycles. The van der Waals surface area contributed by atoms with Crippen molar-refractivity contribution in [1.82, 2.24) is 9.88 Å². The first-order valence-corrected chi connectivity index (χ1v) is 10.3. The number of likely N-dealkylation sites (tertiary alicyclic amines) is 1. The van der Waals surface area contributed by atoms with Crippen molar-refractivity contribution >= 4 is 22.4 Å². The molecule has 0 spiro atoms. The van der Waals surface area contributed by atoms with Gasteiger partial charge in [0.15, 0.2) is 0 Å². The van der Waals surface area contributed by atoms with E-state index < -0.39 is 0 Å². The maximum Gasteiger partial charge on any atom is 0.356 e. The smallest absolute Gasteiger partial charge is 0.356 e. The summed E-state index contributed by atoms with van der Waals surface area (Å²) in [6.07, 6.45) is 4.26. The fourth-order valence-corrected chi connectivity index (χ4v) is 3.97. The number of nitrogens with one attached hydrogen (secondary N) is 1. The Morgan fingerprint density at radius 3 is 2.66 bits per heavy atom. The highest BCUT2D eigenvalue weighted by Gasteiger charge is 2.23. The van der Waals surface area contributed by atoms with Crippen LogP contribution in [-0.4, -0.2) is 42.1 Å². The molecule has 4 rings (SSSR count). The number of pyridine rings is 1. The van der Waals surface area contributed by atoms with Crippen LogP contribution in [0.1, 0.15) is 41.9 Å². The summed E-state index contributed by atoms with van der Waals surface area (Å²) in [6, 6.07) is 19.0. The van der Waals surface area contributed by atoms with Crippen molar-refractivity contribution in [3.05, 3.63) is 72.1 Å². The second-order valence-electron chi connectivity index (χ2n) is 7.40. The van der Waals surface area contributed by atoms with Gasteiger partial charge in [0.05, 0.1) is 12.6 Å². The number of esters is 1. The molecular weight excluding hydrogens is 362 g/mol. The molecule has 2 heterocycles. The number of benzene rings is 2. The van der Waals surface area contributed by atoms with Crippen LogP contribution in [0.3, 0.4) is 0 Å². The van der Waals surface area contributed by atoms with Gasteiger partial charge in [-0.1, -0.05) is 36.4 Å². The first kappa shape index (κ1) is 19.4. The van der Waals surface area contributed by atoms with Gasteiger partial charge in [-0.05, 0) is 62.0 Å². The Balaban J connectivity index is 1.53. The molecule has 29 heavy (non-hydrogen) atoms. The molecule has 0 amide bonds. The fourth-order valence-electron chi connectivity index (χ4n) is 3.97. The zero-order valence-electron chi connectivity index (χ0n) is 16.8. The topological polar surface area (TPSA) is 54.5 Å². The van der Waals surface area contributed by atoms with Crippen LogP contribution < -0.4 is 5.32 Å². The molecule has 0 radical (unpaired) electrons. The zero-order valence-corrected chi connectivity index (χ0v) is 16.8. The molecule has 0 bridgehead atoms. The SMILES string of the molecule is CCOC(=O)c1cc2cc(NCC(c3ccccc3)N3CCCC3)ccc2cn1. The number of hydrogen-bond donors (Lipinski definition) is 1. The van der Waals surface area contributed by atoms with Crippen LogP contribution in [0.2, 0.25) is 0 Å². The van der Waals surface area contributed by atoms with Crippen molar-refractivity contribution in [2.24, 2.45) is 0 Å². The Kier molecular flexibility index (Phi) is 6.06. The summed E-state index contributed by atoms with van der Waals surface area (Å²) < 4.78 is 5.07. The zero-order chi connectivity index (χ0) is 20.1. The van der Waals surface area contributed by atoms with Crippen LogP contribution in [-0.2, 0) is 4.74 Å². The summed E-state index contributed by atoms with van der Waals surface area (Å²) in [7, 11) is 0. The lowest BCUT2D eigenvalue weighted by Crippen LogP contribution is -2.31. The minimum absolute atomic E-state index is 0.343. The number of hydrogen-bond acceptors (Lipinski definition) is 5. The minimum atomic E-state index is -0.383. The Bertz CT molecular complexity index is 968. The van der Waals surface area contributed by atoms with Crippen molar-refractivity contribution in [2.75, 3.05) is 31.6 Å². The summed E-state index contributed by atoms with van der Waals surface area (Å²) >= 11 is 0. The molecule has 150 valence electrons. The molecule has 1 atom stereocenters. The fraction of sp³-hybridized carbons (Fsp3) is 0.333. The lowest BCUT2D eigenvalue weighted by molar-refractivity contribution is 0.0519. The van der Waals surface area contributed by atoms with Crippen LogP contribution in [0.15, 0.2) is 60.8 Å². The Morgan fingerprint density at radius 1 is 1.10 bits per heavy atom. The molecule has 3 aromatic rings. The summed E-state index contributed by atoms with van der Waals surface area (Å²) in [5.74, 6) is -0.383. The summed E-state index contributed by atoms with van der Waals surface area (Å²) in [5.41, 5.74) is 2.73. The normalized spacial score (nSPS) is 15.3. The first-order valence-electron chi connectivity index (χ1n) is 10.3. The third-order valence-corrected chi connectivity index (χ3v) is 5.47. The highest BCUT2D eigenvalue weighted by Crippen LogP contribution is 2.26. The lowest BCUT2D eigenvalue weighted by atomic mass is 10.1. The molecule has 5 nitrogen and oxygen atoms in total. The van der Waals surface area contributed by atoms with E-state index in [1.54, 1.807) is 19.2 Å². The van der Waals surface area contributed by atoms with E-state index in [0.29, 0.717) is 18.3 Å². The molecule has 1 unspecified atom stereocenters. The minimum Gasteiger partial charge on any atom is -0.461 e. The standard InChI is InChI=1S/C24H27N3O2/c1-2-29-24(28)22-15-20-14-21(11-10-19(20)16-26-22)25-17-23(27-12-6-7-13-27)18-8-4-3-5-9-18/h3-5,8-11,14-16,23,25H,2,6-7,12-13,17H2,1H3. The number of aromatic nitrogens is 1. The third-order valence-electron chi connectivity index (χ3n) is 5.47. The quantitative estimate of drug-likeness (QED) is 0.596. The van der Waals surface area contributed by atoms with Crippen molar-refractivity contribution in [3.8, 4) is 0 Å². The van der Waals surface area contributed by atoms with Crippen LogP contribution in [0, 0.1) is 0 Å². The van der Waals surface area contributed by atoms with E-state index in [1.807, 2.05) is 6.07 Å². The number of carbonyl (C=O) groups is 1. The monoisotopic (exact) mass is 389 g/mol. The van der Waals surface area contributed by atoms with Crippen molar-refractivity contribution in [2.45, 2.75) is 25.8 Å². The molecule has 0 saturated carbocycles. The van der Waals surface area contributed by atoms with E-state index in [1.165, 1.54) is 18.4 Å². The number of nitrogens with zero attached hydrogens (tertiary/aromatic N) is 2. The van der Waals surface area contributed by atoms with Gasteiger partial charge in [-0.25, -0.2) is 9.78 Å². The number of anilines is 1. The summed E-state index contributed by atoms with van der Waals surface area (Å²) in [5, 5.41) is 5.59. The molecule has 2 aromatic carbocycles. The summed E-state index contributed by atoms with van der Waals surface area (Å²) in [6.45, 7) is 5.27. The van der Waals surface area contributed by atoms with E-state index in [4.69, 9.17) is 4.74 Å². The second kappa shape index (κ2) is 9.05. The maximum atomic E-state index is 12.0. The molecule has 1 aromatic heterocycles. The van der Waals surface area contributed by atoms with Gasteiger partial charge in [-0.15, -0.1) is 0 Å². The predicted molar refractivity (Wildman–Crippen MR) is 116 cm³/mol. The van der Waals surface area contributed by atoms with Crippen LogP contribution in [0.25, 0.3) is 10.8 Å². The average Bonchev–Trinajstić information content (AvgIpc) is 3.29. The van der Waals surface area contributed by atoms with Gasteiger partial charge in [0.25, 0.3) is 0 Å². The largest absolute Gasteiger partial charge is 0.461 e. The van der Waals surface area contributed by atoms with E-state index in [2.05, 4.69) is 57.7 Å². The third kappa shape index (κ3) is 4.57. The Labute approximate surface area is 171 Å². The summed E-state index contributed by atoms with van der Waals surface area (Å²) in [4.78, 5) is 18.8. The molecule has 0 aliphatic carbocycles. The van der Waals surface area contributed by atoms with Crippen LogP contribution in [0.4, 0.5) is 5.69 Å². The highest BCUT2D eigenvalue weighted by atomic mass is 16.5. The average molecular weight is 389 g/mol. The van der Waals surface area contributed by atoms with Gasteiger partial charge < -0.3 is 10.1 Å². The Hall–Kier alpha value is -2.92. The van der Waals surface area contributed by atoms with Gasteiger partial charge in [0.1, 0.15) is 5.69 Å². The van der Waals surface area contributed by atoms with Gasteiger partial charge in [0.2, 0.25) is 0 Å². The van der Waals surface area contributed by atoms with Crippen molar-refractivity contribution in [3.63, 3.8) is 0 Å². The first-order chi connectivity index (χ1) is 14.2. The molecule has 5 heteroatoms. The van der Waals surface area contributed by atoms with Crippen LogP contribution >= 0.6 is 0 Å². The number of ether oxygens (including phenoxy) is 1. The van der Waals surface area contributed by atoms with E-state index in [-0.39, 0.29) is 5.97 Å². The predicted octanol–water partition coefficient (Wildman–Crippen LogP) is 4.66. The molecular formula is C24H27N3O2. The molecule has 1 N–H and O–H groups in total. The molecule has 1 aliphatic heterocycles. The Morgan fingerprint density at radius 2 is 1.90 bits per heavy atom. The van der Waals surface area contributed by atoms with E-state index >= 15 is 0 Å². The number of fused-ring (bicyclic) bond motifs is 1. The van der Waals surface area contributed by atoms with Crippen LogP contribution in [0.5, 0.6) is 0 Å². The maximum absolute atomic E-state index is 12.0. The van der Waals surface area contributed by atoms with Crippen molar-refractivity contribution in [1.29, 1.82) is 0 Å². The molecule has 1 aliphatic rings. The van der Waals surface area contributed by atoms with E-state index in [0.717, 1.165) is 36.1 Å². The van der Waals surface area contributed by atoms with Gasteiger partial charge in [0, 0.05) is 23.8 Å². The lowest BCUT2D eigenvalue weighted by Gasteiger charge is -2.28. The van der Waals surface area contributed by atoms with Gasteiger partial charge in [-0.2, -0.15) is 0 Å². The van der Waals surface area contributed by atoms with Crippen molar-refractivity contribution < 1.29 is 9.53 Å². The number of carbonyl (C=O) groups excluding carboxylic acids is 1. The second-order valence-corrected chi connectivity index (χ2v) is 7.40. The van der Waals surface area contributed by atoms with Gasteiger partial charge in [-0.3, -0.25) is 4.90 Å². The van der Waals surface area contributed by atoms with E-state index in [9.17, 15) is 4.79 Å². The number of rotatable bonds is 7.